The van der Waals surface area contributed by atoms with Crippen LogP contribution in [-0.4, -0.2) is 15.3 Å². The maximum absolute atomic E-state index is 9.52. The Morgan fingerprint density at radius 2 is 1.81 bits per heavy atom. The lowest BCUT2D eigenvalue weighted by molar-refractivity contribution is 0.199. The largest absolute Gasteiger partial charge is 0.389 e. The Labute approximate surface area is 99.5 Å². The van der Waals surface area contributed by atoms with Gasteiger partial charge in [-0.3, -0.25) is 0 Å². The van der Waals surface area contributed by atoms with Gasteiger partial charge in [0.1, 0.15) is 0 Å². The predicted molar refractivity (Wildman–Crippen MR) is 68.8 cm³/mol. The molecule has 2 heteroatoms. The van der Waals surface area contributed by atoms with Crippen molar-refractivity contribution in [2.24, 2.45) is 0 Å². The normalized spacial score (nSPS) is 12.9. The van der Waals surface area contributed by atoms with E-state index in [-0.39, 0.29) is 0 Å². The smallest absolute Gasteiger partial charge is 0.0762 e. The van der Waals surface area contributed by atoms with Gasteiger partial charge in [-0.15, -0.1) is 0 Å². The van der Waals surface area contributed by atoms with Crippen molar-refractivity contribution in [3.05, 3.63) is 47.5 Å². The van der Waals surface area contributed by atoms with Gasteiger partial charge in [0.05, 0.1) is 6.10 Å². The van der Waals surface area contributed by atoms with E-state index in [2.05, 4.69) is 40.6 Å². The number of fused-ring (bicyclic) bond motifs is 1. The molecule has 81 valence electrons. The molecule has 0 saturated heterocycles. The standard InChI is InChI=1S/C14H15OSi/c1-10(15)12-4-5-13-8-11(6-7-16)2-3-14(13)9-12/h2-5,8-10,15H,6-7H2,1H3. The molecule has 0 aromatic heterocycles. The van der Waals surface area contributed by atoms with E-state index in [1.54, 1.807) is 6.92 Å². The van der Waals surface area contributed by atoms with E-state index >= 15 is 0 Å². The summed E-state index contributed by atoms with van der Waals surface area (Å²) in [6.45, 7) is 1.79. The van der Waals surface area contributed by atoms with Crippen LogP contribution in [0.5, 0.6) is 0 Å². The second kappa shape index (κ2) is 4.81. The molecule has 0 spiro atoms. The molecular weight excluding hydrogens is 212 g/mol. The van der Waals surface area contributed by atoms with Gasteiger partial charge in [0, 0.05) is 10.2 Å². The van der Waals surface area contributed by atoms with E-state index in [0.29, 0.717) is 0 Å². The van der Waals surface area contributed by atoms with Crippen molar-refractivity contribution in [1.29, 1.82) is 0 Å². The fourth-order valence-electron chi connectivity index (χ4n) is 1.87. The molecule has 0 aliphatic heterocycles. The molecule has 0 bridgehead atoms. The van der Waals surface area contributed by atoms with Crippen LogP contribution in [0.25, 0.3) is 10.8 Å². The second-order valence-corrected chi connectivity index (χ2v) is 4.62. The Balaban J connectivity index is 2.44. The maximum atomic E-state index is 9.52. The van der Waals surface area contributed by atoms with Crippen LogP contribution in [-0.2, 0) is 6.42 Å². The minimum absolute atomic E-state index is 0.397. The molecule has 2 aromatic carbocycles. The lowest BCUT2D eigenvalue weighted by Gasteiger charge is -2.07. The first-order valence-corrected chi connectivity index (χ1v) is 6.26. The summed E-state index contributed by atoms with van der Waals surface area (Å²) in [6.07, 6.45) is 0.650. The van der Waals surface area contributed by atoms with E-state index < -0.39 is 6.10 Å². The van der Waals surface area contributed by atoms with Crippen LogP contribution < -0.4 is 0 Å². The number of rotatable bonds is 3. The van der Waals surface area contributed by atoms with Gasteiger partial charge >= 0.3 is 0 Å². The lowest BCUT2D eigenvalue weighted by atomic mass is 10.0. The molecule has 0 fully saturated rings. The predicted octanol–water partition coefficient (Wildman–Crippen LogP) is 3.02. The molecule has 1 unspecified atom stereocenters. The summed E-state index contributed by atoms with van der Waals surface area (Å²) in [5.41, 5.74) is 2.31. The number of aryl methyl sites for hydroxylation is 1. The molecule has 0 amide bonds. The van der Waals surface area contributed by atoms with Crippen molar-refractivity contribution in [3.63, 3.8) is 0 Å². The van der Waals surface area contributed by atoms with Crippen molar-refractivity contribution in [1.82, 2.24) is 0 Å². The molecule has 0 saturated carbocycles. The van der Waals surface area contributed by atoms with Gasteiger partial charge < -0.3 is 5.11 Å². The third-order valence-electron chi connectivity index (χ3n) is 2.82. The number of benzene rings is 2. The van der Waals surface area contributed by atoms with Gasteiger partial charge in [-0.1, -0.05) is 36.4 Å². The summed E-state index contributed by atoms with van der Waals surface area (Å²) in [6, 6.07) is 13.6. The van der Waals surface area contributed by atoms with Crippen molar-refractivity contribution in [3.8, 4) is 0 Å². The molecule has 16 heavy (non-hydrogen) atoms. The van der Waals surface area contributed by atoms with Crippen molar-refractivity contribution in [2.75, 3.05) is 0 Å². The Kier molecular flexibility index (Phi) is 3.41. The first kappa shape index (κ1) is 11.4. The van der Waals surface area contributed by atoms with E-state index in [0.717, 1.165) is 18.0 Å². The zero-order valence-corrected chi connectivity index (χ0v) is 10.4. The van der Waals surface area contributed by atoms with Gasteiger partial charge in [0.2, 0.25) is 0 Å². The minimum Gasteiger partial charge on any atom is -0.389 e. The van der Waals surface area contributed by atoms with E-state index in [1.807, 2.05) is 6.07 Å². The van der Waals surface area contributed by atoms with Crippen LogP contribution in [0, 0.1) is 0 Å². The van der Waals surface area contributed by atoms with E-state index in [4.69, 9.17) is 0 Å². The molecule has 0 aliphatic rings. The highest BCUT2D eigenvalue weighted by Crippen LogP contribution is 2.21. The van der Waals surface area contributed by atoms with Crippen molar-refractivity contribution >= 4 is 21.0 Å². The highest BCUT2D eigenvalue weighted by Gasteiger charge is 2.02. The van der Waals surface area contributed by atoms with Crippen LogP contribution in [0.4, 0.5) is 0 Å². The number of hydrogen-bond acceptors (Lipinski definition) is 1. The van der Waals surface area contributed by atoms with Crippen molar-refractivity contribution in [2.45, 2.75) is 25.5 Å². The Morgan fingerprint density at radius 1 is 1.12 bits per heavy atom. The summed E-state index contributed by atoms with van der Waals surface area (Å²) >= 11 is 0. The lowest BCUT2D eigenvalue weighted by Crippen LogP contribution is -1.91. The van der Waals surface area contributed by atoms with Crippen LogP contribution in [0.3, 0.4) is 0 Å². The third kappa shape index (κ3) is 2.34. The Hall–Kier alpha value is -1.12. The summed E-state index contributed by atoms with van der Waals surface area (Å²) in [5, 5.41) is 11.9. The molecule has 3 radical (unpaired) electrons. The molecule has 1 atom stereocenters. The molecule has 0 heterocycles. The highest BCUT2D eigenvalue weighted by atomic mass is 28.1. The number of aliphatic hydroxyl groups excluding tert-OH is 1. The Bertz CT molecular complexity index is 491. The molecule has 1 N–H and O–H groups in total. The number of hydrogen-bond donors (Lipinski definition) is 1. The van der Waals surface area contributed by atoms with Gasteiger partial charge in [-0.05, 0) is 41.3 Å². The van der Waals surface area contributed by atoms with Crippen LogP contribution in [0.1, 0.15) is 24.2 Å². The highest BCUT2D eigenvalue weighted by molar-refractivity contribution is 6.08. The summed E-state index contributed by atoms with van der Waals surface area (Å²) in [5.74, 6) is 0. The maximum Gasteiger partial charge on any atom is 0.0762 e. The van der Waals surface area contributed by atoms with Crippen molar-refractivity contribution < 1.29 is 5.11 Å². The van der Waals surface area contributed by atoms with Gasteiger partial charge in [0.15, 0.2) is 0 Å². The van der Waals surface area contributed by atoms with Gasteiger partial charge in [-0.2, -0.15) is 0 Å². The first-order valence-electron chi connectivity index (χ1n) is 5.56. The summed E-state index contributed by atoms with van der Waals surface area (Å²) < 4.78 is 0. The first-order chi connectivity index (χ1) is 7.70. The topological polar surface area (TPSA) is 20.2 Å². The third-order valence-corrected chi connectivity index (χ3v) is 3.07. The molecule has 0 aliphatic carbocycles. The fraction of sp³-hybridized carbons (Fsp3) is 0.286. The van der Waals surface area contributed by atoms with Crippen LogP contribution in [0.15, 0.2) is 36.4 Å². The summed E-state index contributed by atoms with van der Waals surface area (Å²) in [7, 11) is 3.49. The molecule has 2 rings (SSSR count). The number of aliphatic hydroxyl groups is 1. The van der Waals surface area contributed by atoms with Crippen LogP contribution >= 0.6 is 0 Å². The van der Waals surface area contributed by atoms with E-state index in [9.17, 15) is 5.11 Å². The van der Waals surface area contributed by atoms with Gasteiger partial charge in [-0.25, -0.2) is 0 Å². The van der Waals surface area contributed by atoms with Crippen LogP contribution in [0.2, 0.25) is 6.04 Å². The monoisotopic (exact) mass is 227 g/mol. The fourth-order valence-corrected chi connectivity index (χ4v) is 2.16. The zero-order valence-electron chi connectivity index (χ0n) is 9.40. The van der Waals surface area contributed by atoms with Gasteiger partial charge in [0.25, 0.3) is 0 Å². The average Bonchev–Trinajstić information content (AvgIpc) is 2.28. The average molecular weight is 227 g/mol. The molecule has 1 nitrogen and oxygen atoms in total. The quantitative estimate of drug-likeness (QED) is 0.799. The SMILES string of the molecule is CC(O)c1ccc2cc(CC[Si])ccc2c1. The molecular formula is C14H15OSi. The summed E-state index contributed by atoms with van der Waals surface area (Å²) in [4.78, 5) is 0. The Morgan fingerprint density at radius 3 is 2.50 bits per heavy atom. The second-order valence-electron chi connectivity index (χ2n) is 4.12. The van der Waals surface area contributed by atoms with E-state index in [1.165, 1.54) is 16.3 Å². The molecule has 2 aromatic rings. The minimum atomic E-state index is -0.397. The zero-order chi connectivity index (χ0) is 11.5.